The molecule has 0 radical (unpaired) electrons. The van der Waals surface area contributed by atoms with Gasteiger partial charge < -0.3 is 10.4 Å². The van der Waals surface area contributed by atoms with E-state index in [4.69, 9.17) is 5.11 Å². The molecule has 0 bridgehead atoms. The molecule has 1 heterocycles. The highest BCUT2D eigenvalue weighted by atomic mass is 16.2. The molecule has 2 rings (SSSR count). The first-order valence-corrected chi connectivity index (χ1v) is 6.91. The lowest BCUT2D eigenvalue weighted by atomic mass is 10.2. The lowest BCUT2D eigenvalue weighted by molar-refractivity contribution is 0.255. The lowest BCUT2D eigenvalue weighted by Crippen LogP contribution is -2.34. The zero-order valence-corrected chi connectivity index (χ0v) is 10.5. The molecule has 3 nitrogen and oxygen atoms in total. The molecule has 0 aromatic carbocycles. The molecule has 2 atom stereocenters. The maximum atomic E-state index is 8.69. The van der Waals surface area contributed by atoms with Gasteiger partial charge in [0.05, 0.1) is 0 Å². The predicted octanol–water partition coefficient (Wildman–Crippen LogP) is 1.36. The van der Waals surface area contributed by atoms with Gasteiger partial charge in [-0.1, -0.05) is 0 Å². The fourth-order valence-corrected chi connectivity index (χ4v) is 2.84. The monoisotopic (exact) mass is 226 g/mol. The predicted molar refractivity (Wildman–Crippen MR) is 66.5 cm³/mol. The molecule has 1 saturated carbocycles. The van der Waals surface area contributed by atoms with Crippen LogP contribution in [0.3, 0.4) is 0 Å². The minimum absolute atomic E-state index is 0.343. The molecule has 1 aliphatic heterocycles. The molecule has 16 heavy (non-hydrogen) atoms. The van der Waals surface area contributed by atoms with Crippen LogP contribution in [0, 0.1) is 0 Å². The normalized spacial score (nSPS) is 31.1. The van der Waals surface area contributed by atoms with Crippen molar-refractivity contribution in [2.45, 2.75) is 63.6 Å². The first kappa shape index (κ1) is 12.3. The van der Waals surface area contributed by atoms with Crippen LogP contribution in [0.15, 0.2) is 0 Å². The third-order valence-electron chi connectivity index (χ3n) is 3.91. The summed E-state index contributed by atoms with van der Waals surface area (Å²) < 4.78 is 0. The summed E-state index contributed by atoms with van der Waals surface area (Å²) in [6, 6.07) is 2.41. The van der Waals surface area contributed by atoms with E-state index in [0.29, 0.717) is 12.6 Å². The summed E-state index contributed by atoms with van der Waals surface area (Å²) >= 11 is 0. The van der Waals surface area contributed by atoms with Gasteiger partial charge in [0.25, 0.3) is 0 Å². The van der Waals surface area contributed by atoms with Gasteiger partial charge in [-0.3, -0.25) is 4.90 Å². The van der Waals surface area contributed by atoms with E-state index in [1.807, 2.05) is 0 Å². The van der Waals surface area contributed by atoms with Gasteiger partial charge in [0.2, 0.25) is 0 Å². The third kappa shape index (κ3) is 3.44. The second-order valence-corrected chi connectivity index (χ2v) is 5.45. The second kappa shape index (κ2) is 5.99. The Labute approximate surface area is 99.2 Å². The molecule has 2 unspecified atom stereocenters. The minimum Gasteiger partial charge on any atom is -0.396 e. The Morgan fingerprint density at radius 1 is 1.25 bits per heavy atom. The van der Waals surface area contributed by atoms with E-state index in [0.717, 1.165) is 31.5 Å². The molecule has 2 fully saturated rings. The lowest BCUT2D eigenvalue weighted by Gasteiger charge is -2.19. The summed E-state index contributed by atoms with van der Waals surface area (Å²) in [4.78, 5) is 2.69. The standard InChI is InChI=1S/C13H26N2O/c1-11-9-12(10-15(11)13-5-6-13)14-7-3-2-4-8-16/h11-14,16H,2-10H2,1H3. The number of aliphatic hydroxyl groups is 1. The molecule has 0 aromatic heterocycles. The van der Waals surface area contributed by atoms with Crippen molar-refractivity contribution in [2.24, 2.45) is 0 Å². The van der Waals surface area contributed by atoms with Gasteiger partial charge >= 0.3 is 0 Å². The summed E-state index contributed by atoms with van der Waals surface area (Å²) in [5, 5.41) is 12.3. The molecule has 1 saturated heterocycles. The Bertz CT molecular complexity index is 206. The zero-order valence-electron chi connectivity index (χ0n) is 10.5. The molecule has 1 aliphatic carbocycles. The van der Waals surface area contributed by atoms with Crippen LogP contribution in [0.4, 0.5) is 0 Å². The number of nitrogens with zero attached hydrogens (tertiary/aromatic N) is 1. The van der Waals surface area contributed by atoms with Gasteiger partial charge in [-0.2, -0.15) is 0 Å². The first-order chi connectivity index (χ1) is 7.81. The van der Waals surface area contributed by atoms with Crippen LogP contribution in [0.1, 0.15) is 45.4 Å². The topological polar surface area (TPSA) is 35.5 Å². The van der Waals surface area contributed by atoms with Gasteiger partial charge in [0.1, 0.15) is 0 Å². The van der Waals surface area contributed by atoms with E-state index in [2.05, 4.69) is 17.1 Å². The summed E-state index contributed by atoms with van der Waals surface area (Å²) in [6.45, 7) is 5.09. The van der Waals surface area contributed by atoms with E-state index >= 15 is 0 Å². The van der Waals surface area contributed by atoms with Crippen LogP contribution in [0.5, 0.6) is 0 Å². The van der Waals surface area contributed by atoms with E-state index in [-0.39, 0.29) is 0 Å². The summed E-state index contributed by atoms with van der Waals surface area (Å²) in [5.41, 5.74) is 0. The summed E-state index contributed by atoms with van der Waals surface area (Å²) in [7, 11) is 0. The molecule has 3 heteroatoms. The summed E-state index contributed by atoms with van der Waals surface area (Å²) in [5.74, 6) is 0. The molecule has 0 amide bonds. The quantitative estimate of drug-likeness (QED) is 0.644. The average molecular weight is 226 g/mol. The SMILES string of the molecule is CC1CC(NCCCCCO)CN1C1CC1. The fourth-order valence-electron chi connectivity index (χ4n) is 2.84. The highest BCUT2D eigenvalue weighted by Gasteiger charge is 2.38. The van der Waals surface area contributed by atoms with Crippen molar-refractivity contribution >= 4 is 0 Å². The van der Waals surface area contributed by atoms with Crippen LogP contribution in [0.2, 0.25) is 0 Å². The fraction of sp³-hybridized carbons (Fsp3) is 1.00. The first-order valence-electron chi connectivity index (χ1n) is 6.91. The Hall–Kier alpha value is -0.120. The smallest absolute Gasteiger partial charge is 0.0431 e. The number of nitrogens with one attached hydrogen (secondary N) is 1. The Kier molecular flexibility index (Phi) is 4.62. The van der Waals surface area contributed by atoms with E-state index in [1.54, 1.807) is 0 Å². The molecular weight excluding hydrogens is 200 g/mol. The van der Waals surface area contributed by atoms with Gasteiger partial charge in [0.15, 0.2) is 0 Å². The summed E-state index contributed by atoms with van der Waals surface area (Å²) in [6.07, 6.45) is 7.47. The molecule has 0 spiro atoms. The largest absolute Gasteiger partial charge is 0.396 e. The Morgan fingerprint density at radius 3 is 2.75 bits per heavy atom. The number of unbranched alkanes of at least 4 members (excludes halogenated alkanes) is 2. The highest BCUT2D eigenvalue weighted by molar-refractivity contribution is 4.95. The molecule has 94 valence electrons. The van der Waals surface area contributed by atoms with Crippen molar-refractivity contribution in [2.75, 3.05) is 19.7 Å². The van der Waals surface area contributed by atoms with Crippen molar-refractivity contribution in [3.05, 3.63) is 0 Å². The van der Waals surface area contributed by atoms with Crippen molar-refractivity contribution in [3.63, 3.8) is 0 Å². The highest BCUT2D eigenvalue weighted by Crippen LogP contribution is 2.33. The molecular formula is C13H26N2O. The maximum Gasteiger partial charge on any atom is 0.0431 e. The van der Waals surface area contributed by atoms with Gasteiger partial charge in [-0.25, -0.2) is 0 Å². The van der Waals surface area contributed by atoms with Gasteiger partial charge in [-0.15, -0.1) is 0 Å². The van der Waals surface area contributed by atoms with Crippen LogP contribution in [0.25, 0.3) is 0 Å². The Morgan fingerprint density at radius 2 is 2.06 bits per heavy atom. The minimum atomic E-state index is 0.343. The third-order valence-corrected chi connectivity index (χ3v) is 3.91. The van der Waals surface area contributed by atoms with Crippen LogP contribution in [-0.2, 0) is 0 Å². The molecule has 2 aliphatic rings. The molecule has 2 N–H and O–H groups in total. The molecule has 0 aromatic rings. The van der Waals surface area contributed by atoms with Crippen LogP contribution < -0.4 is 5.32 Å². The van der Waals surface area contributed by atoms with E-state index < -0.39 is 0 Å². The average Bonchev–Trinajstić information content (AvgIpc) is 3.04. The van der Waals surface area contributed by atoms with Crippen molar-refractivity contribution in [3.8, 4) is 0 Å². The second-order valence-electron chi connectivity index (χ2n) is 5.45. The Balaban J connectivity index is 1.57. The number of rotatable bonds is 7. The van der Waals surface area contributed by atoms with Gasteiger partial charge in [-0.05, 0) is 52.0 Å². The van der Waals surface area contributed by atoms with Crippen LogP contribution >= 0.6 is 0 Å². The van der Waals surface area contributed by atoms with Crippen molar-refractivity contribution in [1.29, 1.82) is 0 Å². The zero-order chi connectivity index (χ0) is 11.4. The number of hydrogen-bond acceptors (Lipinski definition) is 3. The van der Waals surface area contributed by atoms with Crippen LogP contribution in [-0.4, -0.2) is 47.8 Å². The number of aliphatic hydroxyl groups excluding tert-OH is 1. The van der Waals surface area contributed by atoms with E-state index in [9.17, 15) is 0 Å². The number of hydrogen-bond donors (Lipinski definition) is 2. The van der Waals surface area contributed by atoms with E-state index in [1.165, 1.54) is 32.2 Å². The van der Waals surface area contributed by atoms with Crippen molar-refractivity contribution in [1.82, 2.24) is 10.2 Å². The van der Waals surface area contributed by atoms with Crippen molar-refractivity contribution < 1.29 is 5.11 Å². The number of likely N-dealkylation sites (tertiary alicyclic amines) is 1. The van der Waals surface area contributed by atoms with Gasteiger partial charge in [0, 0.05) is 31.3 Å². The maximum absolute atomic E-state index is 8.69.